The molecule has 2 aromatic rings. The molecule has 1 aliphatic rings. The number of carboxylic acid groups (broad SMARTS) is 1. The number of hydrogen-bond donors (Lipinski definition) is 1. The molecule has 0 aliphatic carbocycles. The minimum absolute atomic E-state index is 0.102. The van der Waals surface area contributed by atoms with E-state index >= 15 is 0 Å². The van der Waals surface area contributed by atoms with Crippen LogP contribution < -0.4 is 0 Å². The standard InChI is InChI=1S/C19H20N2O5S/c22-18(14-15-6-8-16(9-7-15)19(23)24)20-10-12-21(13-11-20)27(25,26)17-4-2-1-3-5-17/h1-9H,10-14H2,(H,23,24). The zero-order valence-corrected chi connectivity index (χ0v) is 15.4. The molecule has 1 heterocycles. The smallest absolute Gasteiger partial charge is 0.335 e. The van der Waals surface area contributed by atoms with Crippen LogP contribution in [0.4, 0.5) is 0 Å². The molecule has 2 aromatic carbocycles. The van der Waals surface area contributed by atoms with E-state index in [4.69, 9.17) is 5.11 Å². The Morgan fingerprint density at radius 1 is 0.889 bits per heavy atom. The van der Waals surface area contributed by atoms with Crippen molar-refractivity contribution in [1.29, 1.82) is 0 Å². The van der Waals surface area contributed by atoms with Gasteiger partial charge in [0.15, 0.2) is 0 Å². The van der Waals surface area contributed by atoms with Crippen LogP contribution in [0.1, 0.15) is 15.9 Å². The molecule has 1 aliphatic heterocycles. The first-order valence-corrected chi connectivity index (χ1v) is 9.97. The van der Waals surface area contributed by atoms with Crippen molar-refractivity contribution < 1.29 is 23.1 Å². The first-order valence-electron chi connectivity index (χ1n) is 8.53. The van der Waals surface area contributed by atoms with Crippen molar-refractivity contribution in [3.63, 3.8) is 0 Å². The maximum atomic E-state index is 12.6. The molecule has 0 spiro atoms. The number of hydrogen-bond acceptors (Lipinski definition) is 4. The zero-order valence-electron chi connectivity index (χ0n) is 14.6. The Morgan fingerprint density at radius 3 is 2.04 bits per heavy atom. The van der Waals surface area contributed by atoms with Gasteiger partial charge >= 0.3 is 5.97 Å². The van der Waals surface area contributed by atoms with Gasteiger partial charge in [-0.05, 0) is 29.8 Å². The van der Waals surface area contributed by atoms with Crippen LogP contribution in [-0.4, -0.2) is 60.8 Å². The van der Waals surface area contributed by atoms with Crippen molar-refractivity contribution in [2.24, 2.45) is 0 Å². The van der Waals surface area contributed by atoms with Crippen molar-refractivity contribution in [3.8, 4) is 0 Å². The first kappa shape index (κ1) is 19.1. The second-order valence-electron chi connectivity index (χ2n) is 6.28. The van der Waals surface area contributed by atoms with Gasteiger partial charge in [0.2, 0.25) is 15.9 Å². The predicted molar refractivity (Wildman–Crippen MR) is 98.9 cm³/mol. The van der Waals surface area contributed by atoms with Gasteiger partial charge in [0.1, 0.15) is 0 Å². The summed E-state index contributed by atoms with van der Waals surface area (Å²) in [5, 5.41) is 8.91. The fourth-order valence-electron chi connectivity index (χ4n) is 2.97. The minimum atomic E-state index is -3.54. The monoisotopic (exact) mass is 388 g/mol. The molecule has 142 valence electrons. The van der Waals surface area contributed by atoms with Crippen molar-refractivity contribution in [2.45, 2.75) is 11.3 Å². The molecule has 8 heteroatoms. The number of carbonyl (C=O) groups excluding carboxylic acids is 1. The Bertz CT molecular complexity index is 918. The van der Waals surface area contributed by atoms with Crippen LogP contribution in [0.15, 0.2) is 59.5 Å². The minimum Gasteiger partial charge on any atom is -0.478 e. The lowest BCUT2D eigenvalue weighted by Crippen LogP contribution is -2.50. The van der Waals surface area contributed by atoms with Gasteiger partial charge in [-0.25, -0.2) is 13.2 Å². The lowest BCUT2D eigenvalue weighted by molar-refractivity contribution is -0.131. The molecule has 1 saturated heterocycles. The molecule has 3 rings (SSSR count). The number of piperazine rings is 1. The van der Waals surface area contributed by atoms with E-state index in [0.29, 0.717) is 13.1 Å². The third-order valence-electron chi connectivity index (χ3n) is 4.53. The SMILES string of the molecule is O=C(O)c1ccc(CC(=O)N2CCN(S(=O)(=O)c3ccccc3)CC2)cc1. The second kappa shape index (κ2) is 7.89. The van der Waals surface area contributed by atoms with Crippen molar-refractivity contribution in [1.82, 2.24) is 9.21 Å². The Hall–Kier alpha value is -2.71. The number of benzene rings is 2. The van der Waals surface area contributed by atoms with E-state index in [1.165, 1.54) is 16.4 Å². The number of nitrogens with zero attached hydrogens (tertiary/aromatic N) is 2. The van der Waals surface area contributed by atoms with Crippen LogP contribution in [0.5, 0.6) is 0 Å². The Kier molecular flexibility index (Phi) is 5.57. The van der Waals surface area contributed by atoms with E-state index in [1.807, 2.05) is 0 Å². The maximum Gasteiger partial charge on any atom is 0.335 e. The molecular weight excluding hydrogens is 368 g/mol. The normalized spacial score (nSPS) is 15.5. The van der Waals surface area contributed by atoms with Crippen molar-refractivity contribution in [3.05, 3.63) is 65.7 Å². The van der Waals surface area contributed by atoms with E-state index in [2.05, 4.69) is 0 Å². The third-order valence-corrected chi connectivity index (χ3v) is 6.44. The number of rotatable bonds is 5. The maximum absolute atomic E-state index is 12.6. The zero-order chi connectivity index (χ0) is 19.4. The molecule has 1 fully saturated rings. The quantitative estimate of drug-likeness (QED) is 0.837. The highest BCUT2D eigenvalue weighted by Crippen LogP contribution is 2.17. The molecule has 0 bridgehead atoms. The van der Waals surface area contributed by atoms with Crippen LogP contribution in [0.3, 0.4) is 0 Å². The summed E-state index contributed by atoms with van der Waals surface area (Å²) in [6.07, 6.45) is 0.158. The van der Waals surface area contributed by atoms with E-state index < -0.39 is 16.0 Å². The first-order chi connectivity index (χ1) is 12.9. The van der Waals surface area contributed by atoms with E-state index in [0.717, 1.165) is 5.56 Å². The molecule has 0 radical (unpaired) electrons. The summed E-state index contributed by atoms with van der Waals surface area (Å²) in [5.74, 6) is -1.11. The molecule has 1 N–H and O–H groups in total. The molecule has 0 saturated carbocycles. The van der Waals surface area contributed by atoms with Gasteiger partial charge < -0.3 is 10.0 Å². The van der Waals surface area contributed by atoms with Crippen LogP contribution >= 0.6 is 0 Å². The molecule has 0 atom stereocenters. The molecule has 0 aromatic heterocycles. The van der Waals surface area contributed by atoms with Crippen LogP contribution in [-0.2, 0) is 21.2 Å². The van der Waals surface area contributed by atoms with Gasteiger partial charge in [-0.3, -0.25) is 4.79 Å². The van der Waals surface area contributed by atoms with Crippen LogP contribution in [0.2, 0.25) is 0 Å². The summed E-state index contributed by atoms with van der Waals surface area (Å²) < 4.78 is 26.6. The Labute approximate surface area is 157 Å². The number of sulfonamides is 1. The summed E-state index contributed by atoms with van der Waals surface area (Å²) in [6.45, 7) is 1.16. The second-order valence-corrected chi connectivity index (χ2v) is 8.21. The Morgan fingerprint density at radius 2 is 1.48 bits per heavy atom. The average Bonchev–Trinajstić information content (AvgIpc) is 2.69. The van der Waals surface area contributed by atoms with Crippen LogP contribution in [0.25, 0.3) is 0 Å². The van der Waals surface area contributed by atoms with Crippen molar-refractivity contribution in [2.75, 3.05) is 26.2 Å². The van der Waals surface area contributed by atoms with E-state index in [1.54, 1.807) is 47.4 Å². The van der Waals surface area contributed by atoms with Gasteiger partial charge in [-0.1, -0.05) is 30.3 Å². The van der Waals surface area contributed by atoms with Gasteiger partial charge in [-0.2, -0.15) is 4.31 Å². The summed E-state index contributed by atoms with van der Waals surface area (Å²) in [7, 11) is -3.54. The summed E-state index contributed by atoms with van der Waals surface area (Å²) >= 11 is 0. The highest BCUT2D eigenvalue weighted by molar-refractivity contribution is 7.89. The average molecular weight is 388 g/mol. The lowest BCUT2D eigenvalue weighted by atomic mass is 10.1. The van der Waals surface area contributed by atoms with Gasteiger partial charge in [0.05, 0.1) is 16.9 Å². The highest BCUT2D eigenvalue weighted by Gasteiger charge is 2.29. The fraction of sp³-hybridized carbons (Fsp3) is 0.263. The summed E-state index contributed by atoms with van der Waals surface area (Å²) in [6, 6.07) is 14.4. The third kappa shape index (κ3) is 4.35. The summed E-state index contributed by atoms with van der Waals surface area (Å²) in [5.41, 5.74) is 0.898. The van der Waals surface area contributed by atoms with Crippen LogP contribution in [0, 0.1) is 0 Å². The summed E-state index contributed by atoms with van der Waals surface area (Å²) in [4.78, 5) is 25.2. The highest BCUT2D eigenvalue weighted by atomic mass is 32.2. The number of carboxylic acids is 1. The largest absolute Gasteiger partial charge is 0.478 e. The molecular formula is C19H20N2O5S. The number of amides is 1. The van der Waals surface area contributed by atoms with E-state index in [-0.39, 0.29) is 35.9 Å². The molecule has 0 unspecified atom stereocenters. The lowest BCUT2D eigenvalue weighted by Gasteiger charge is -2.34. The van der Waals surface area contributed by atoms with Gasteiger partial charge in [0.25, 0.3) is 0 Å². The number of carbonyl (C=O) groups is 2. The molecule has 27 heavy (non-hydrogen) atoms. The molecule has 1 amide bonds. The van der Waals surface area contributed by atoms with Gasteiger partial charge in [-0.15, -0.1) is 0 Å². The fourth-order valence-corrected chi connectivity index (χ4v) is 4.41. The number of aromatic carboxylic acids is 1. The van der Waals surface area contributed by atoms with Crippen molar-refractivity contribution >= 4 is 21.9 Å². The Balaban J connectivity index is 1.58. The predicted octanol–water partition coefficient (Wildman–Crippen LogP) is 1.46. The topological polar surface area (TPSA) is 95.0 Å². The van der Waals surface area contributed by atoms with E-state index in [9.17, 15) is 18.0 Å². The molecule has 7 nitrogen and oxygen atoms in total. The van der Waals surface area contributed by atoms with Gasteiger partial charge in [0, 0.05) is 26.2 Å².